The highest BCUT2D eigenvalue weighted by Crippen LogP contribution is 2.34. The van der Waals surface area contributed by atoms with Crippen LogP contribution in [-0.2, 0) is 0 Å². The molecular weight excluding hydrogens is 480 g/mol. The molecule has 0 amide bonds. The predicted molar refractivity (Wildman–Crippen MR) is 154 cm³/mol. The molecule has 0 saturated carbocycles. The van der Waals surface area contributed by atoms with Gasteiger partial charge in [-0.1, -0.05) is 0 Å². The molecule has 12 nitrogen and oxygen atoms in total. The minimum atomic E-state index is 0.825. The lowest BCUT2D eigenvalue weighted by molar-refractivity contribution is 0.309. The van der Waals surface area contributed by atoms with Gasteiger partial charge in [0.05, 0.1) is 0 Å². The first-order valence-electron chi connectivity index (χ1n) is 14.3. The highest BCUT2D eigenvalue weighted by molar-refractivity contribution is 5.95. The van der Waals surface area contributed by atoms with Crippen LogP contribution in [0.2, 0.25) is 0 Å². The van der Waals surface area contributed by atoms with Crippen molar-refractivity contribution in [3.8, 4) is 0 Å². The summed E-state index contributed by atoms with van der Waals surface area (Å²) in [6.07, 6.45) is 0. The largest absolute Gasteiger partial charge is 0.352 e. The van der Waals surface area contributed by atoms with E-state index < -0.39 is 0 Å². The minimum Gasteiger partial charge on any atom is -0.352 e. The first kappa shape index (κ1) is 25.7. The maximum absolute atomic E-state index is 5.25. The highest BCUT2D eigenvalue weighted by Gasteiger charge is 2.29. The molecule has 4 aliphatic rings. The van der Waals surface area contributed by atoms with Crippen LogP contribution >= 0.6 is 0 Å². The van der Waals surface area contributed by atoms with Crippen LogP contribution in [0.5, 0.6) is 0 Å². The van der Waals surface area contributed by atoms with Crippen molar-refractivity contribution < 1.29 is 0 Å². The van der Waals surface area contributed by atoms with Crippen LogP contribution in [0.25, 0.3) is 11.0 Å². The summed E-state index contributed by atoms with van der Waals surface area (Å²) in [4.78, 5) is 40.1. The van der Waals surface area contributed by atoms with Gasteiger partial charge in [-0.05, 0) is 28.2 Å². The first-order valence-corrected chi connectivity index (χ1v) is 14.3. The van der Waals surface area contributed by atoms with E-state index in [9.17, 15) is 0 Å². The number of hydrogen-bond acceptors (Lipinski definition) is 12. The molecule has 4 saturated heterocycles. The van der Waals surface area contributed by atoms with E-state index in [-0.39, 0.29) is 0 Å². The molecule has 38 heavy (non-hydrogen) atoms. The van der Waals surface area contributed by atoms with Gasteiger partial charge in [-0.15, -0.1) is 0 Å². The second-order valence-electron chi connectivity index (χ2n) is 11.6. The number of aromatic nitrogens is 4. The van der Waals surface area contributed by atoms with Gasteiger partial charge >= 0.3 is 0 Å². The SMILES string of the molecule is CN1CCN(c2nc(N3CCN(C)CC3)c3nc(N4CCN(C)CC4)nc(N4CCN(C)CC4)c3n2)CC1. The summed E-state index contributed by atoms with van der Waals surface area (Å²) in [5, 5.41) is 0. The number of rotatable bonds is 4. The third kappa shape index (κ3) is 5.31. The lowest BCUT2D eigenvalue weighted by Gasteiger charge is -2.37. The first-order chi connectivity index (χ1) is 18.4. The zero-order valence-electron chi connectivity index (χ0n) is 23.7. The molecule has 0 spiro atoms. The molecule has 0 radical (unpaired) electrons. The van der Waals surface area contributed by atoms with Gasteiger partial charge in [0.15, 0.2) is 11.6 Å². The smallest absolute Gasteiger partial charge is 0.228 e. The van der Waals surface area contributed by atoms with Crippen LogP contribution in [0.4, 0.5) is 23.5 Å². The Balaban J connectivity index is 1.48. The summed E-state index contributed by atoms with van der Waals surface area (Å²) in [6, 6.07) is 0. The Hall–Kier alpha value is -2.54. The molecule has 0 aromatic carbocycles. The van der Waals surface area contributed by atoms with E-state index in [0.717, 1.165) is 139 Å². The van der Waals surface area contributed by atoms with Crippen molar-refractivity contribution >= 4 is 34.6 Å². The summed E-state index contributed by atoms with van der Waals surface area (Å²) < 4.78 is 0. The molecule has 6 rings (SSSR count). The molecule has 12 heteroatoms. The van der Waals surface area contributed by atoms with Crippen LogP contribution in [0.3, 0.4) is 0 Å². The Morgan fingerprint density at radius 3 is 0.895 bits per heavy atom. The van der Waals surface area contributed by atoms with Crippen molar-refractivity contribution in [3.05, 3.63) is 0 Å². The van der Waals surface area contributed by atoms with Gasteiger partial charge in [0.25, 0.3) is 0 Å². The third-order valence-electron chi connectivity index (χ3n) is 8.66. The monoisotopic (exact) mass is 524 g/mol. The van der Waals surface area contributed by atoms with Crippen LogP contribution in [0, 0.1) is 0 Å². The molecule has 0 N–H and O–H groups in total. The quantitative estimate of drug-likeness (QED) is 0.514. The van der Waals surface area contributed by atoms with Crippen molar-refractivity contribution in [1.29, 1.82) is 0 Å². The van der Waals surface area contributed by atoms with E-state index in [1.54, 1.807) is 0 Å². The number of nitrogens with zero attached hydrogens (tertiary/aromatic N) is 12. The van der Waals surface area contributed by atoms with Crippen LogP contribution in [-0.4, -0.2) is 172 Å². The molecule has 0 bridgehead atoms. The Morgan fingerprint density at radius 2 is 0.605 bits per heavy atom. The molecule has 6 heterocycles. The molecule has 0 unspecified atom stereocenters. The van der Waals surface area contributed by atoms with E-state index >= 15 is 0 Å². The Bertz CT molecular complexity index is 1010. The van der Waals surface area contributed by atoms with Crippen molar-refractivity contribution in [1.82, 2.24) is 39.5 Å². The van der Waals surface area contributed by atoms with Crippen molar-refractivity contribution in [2.45, 2.75) is 0 Å². The molecule has 4 fully saturated rings. The van der Waals surface area contributed by atoms with Crippen LogP contribution in [0.1, 0.15) is 0 Å². The van der Waals surface area contributed by atoms with Crippen molar-refractivity contribution in [3.63, 3.8) is 0 Å². The van der Waals surface area contributed by atoms with Gasteiger partial charge < -0.3 is 39.2 Å². The van der Waals surface area contributed by atoms with Crippen LogP contribution in [0.15, 0.2) is 0 Å². The fourth-order valence-electron chi connectivity index (χ4n) is 5.74. The molecule has 2 aromatic rings. The maximum Gasteiger partial charge on any atom is 0.228 e. The van der Waals surface area contributed by atoms with E-state index in [1.165, 1.54) is 0 Å². The minimum absolute atomic E-state index is 0.825. The molecule has 0 atom stereocenters. The second kappa shape index (κ2) is 10.9. The molecule has 2 aromatic heterocycles. The summed E-state index contributed by atoms with van der Waals surface area (Å²) in [5.41, 5.74) is 1.82. The second-order valence-corrected chi connectivity index (χ2v) is 11.6. The van der Waals surface area contributed by atoms with Gasteiger partial charge in [0, 0.05) is 105 Å². The molecule has 208 valence electrons. The number of hydrogen-bond donors (Lipinski definition) is 0. The topological polar surface area (TPSA) is 77.5 Å². The Morgan fingerprint density at radius 1 is 0.342 bits per heavy atom. The van der Waals surface area contributed by atoms with E-state index in [4.69, 9.17) is 19.9 Å². The summed E-state index contributed by atoms with van der Waals surface area (Å²) in [6.45, 7) is 15.7. The average molecular weight is 525 g/mol. The highest BCUT2D eigenvalue weighted by atomic mass is 15.4. The average Bonchev–Trinajstić information content (AvgIpc) is 2.94. The zero-order valence-corrected chi connectivity index (χ0v) is 23.7. The summed E-state index contributed by atoms with van der Waals surface area (Å²) >= 11 is 0. The molecule has 0 aliphatic carbocycles. The van der Waals surface area contributed by atoms with Crippen LogP contribution < -0.4 is 19.6 Å². The summed E-state index contributed by atoms with van der Waals surface area (Å²) in [7, 11) is 8.77. The zero-order chi connectivity index (χ0) is 26.2. The third-order valence-corrected chi connectivity index (χ3v) is 8.66. The van der Waals surface area contributed by atoms with Gasteiger partial charge in [-0.2, -0.15) is 9.97 Å². The number of fused-ring (bicyclic) bond motifs is 1. The van der Waals surface area contributed by atoms with Gasteiger partial charge in [-0.25, -0.2) is 9.97 Å². The van der Waals surface area contributed by atoms with Gasteiger partial charge in [0.2, 0.25) is 11.9 Å². The standard InChI is InChI=1S/C26H44N12/c1-31-5-13-35(14-6-31)23-21-22(28-25(29-23)37-17-9-33(3)10-18-37)24(36-15-7-32(2)8-16-36)30-26(27-21)38-19-11-34(4)12-20-38/h5-20H2,1-4H3. The summed E-state index contributed by atoms with van der Waals surface area (Å²) in [5.74, 6) is 3.60. The Labute approximate surface area is 226 Å². The number of anilines is 4. The normalized spacial score (nSPS) is 23.6. The van der Waals surface area contributed by atoms with Crippen molar-refractivity contribution in [2.24, 2.45) is 0 Å². The predicted octanol–water partition coefficient (Wildman–Crippen LogP) is -0.573. The van der Waals surface area contributed by atoms with Gasteiger partial charge in [-0.3, -0.25) is 0 Å². The fourth-order valence-corrected chi connectivity index (χ4v) is 5.74. The maximum atomic E-state index is 5.25. The lowest BCUT2D eigenvalue weighted by Crippen LogP contribution is -2.47. The van der Waals surface area contributed by atoms with E-state index in [1.807, 2.05) is 0 Å². The number of likely N-dealkylation sites (N-methyl/N-ethyl adjacent to an activating group) is 4. The Kier molecular flexibility index (Phi) is 7.39. The van der Waals surface area contributed by atoms with Crippen molar-refractivity contribution in [2.75, 3.05) is 153 Å². The van der Waals surface area contributed by atoms with E-state index in [0.29, 0.717) is 0 Å². The van der Waals surface area contributed by atoms with E-state index in [2.05, 4.69) is 67.4 Å². The lowest BCUT2D eigenvalue weighted by atomic mass is 10.2. The van der Waals surface area contributed by atoms with Gasteiger partial charge in [0.1, 0.15) is 11.0 Å². The number of piperazine rings is 4. The fraction of sp³-hybridized carbons (Fsp3) is 0.769. The molecular formula is C26H44N12. The molecule has 4 aliphatic heterocycles.